The molecule has 2 atom stereocenters. The number of rotatable bonds is 4. The van der Waals surface area contributed by atoms with Crippen LogP contribution in [0.15, 0.2) is 0 Å². The van der Waals surface area contributed by atoms with Gasteiger partial charge in [-0.15, -0.1) is 0 Å². The van der Waals surface area contributed by atoms with E-state index in [2.05, 4.69) is 19.2 Å². The van der Waals surface area contributed by atoms with E-state index in [1.54, 1.807) is 6.92 Å². The molecule has 5 nitrogen and oxygen atoms in total. The number of amides is 2. The Bertz CT molecular complexity index is 306. The van der Waals surface area contributed by atoms with E-state index < -0.39 is 11.5 Å². The van der Waals surface area contributed by atoms with E-state index in [1.165, 1.54) is 4.90 Å². The SMILES string of the molecule is CCC(C)CNC(=O)N1CCCC1(C)C(=O)O. The second kappa shape index (κ2) is 5.38. The predicted octanol–water partition coefficient (Wildman–Crippen LogP) is 1.68. The Kier molecular flexibility index (Phi) is 4.37. The average molecular weight is 242 g/mol. The summed E-state index contributed by atoms with van der Waals surface area (Å²) < 4.78 is 0. The van der Waals surface area contributed by atoms with E-state index in [4.69, 9.17) is 0 Å². The summed E-state index contributed by atoms with van der Waals surface area (Å²) in [7, 11) is 0. The minimum absolute atomic E-state index is 0.257. The quantitative estimate of drug-likeness (QED) is 0.788. The molecular weight excluding hydrogens is 220 g/mol. The van der Waals surface area contributed by atoms with E-state index in [-0.39, 0.29) is 6.03 Å². The molecule has 1 rings (SSSR count). The number of hydrogen-bond donors (Lipinski definition) is 2. The molecule has 2 N–H and O–H groups in total. The van der Waals surface area contributed by atoms with Crippen molar-refractivity contribution in [3.05, 3.63) is 0 Å². The number of hydrogen-bond acceptors (Lipinski definition) is 2. The van der Waals surface area contributed by atoms with Crippen LogP contribution < -0.4 is 5.32 Å². The summed E-state index contributed by atoms with van der Waals surface area (Å²) in [6.45, 7) is 6.86. The lowest BCUT2D eigenvalue weighted by Gasteiger charge is -2.31. The van der Waals surface area contributed by atoms with Gasteiger partial charge in [-0.3, -0.25) is 0 Å². The van der Waals surface area contributed by atoms with Gasteiger partial charge in [0.1, 0.15) is 5.54 Å². The highest BCUT2D eigenvalue weighted by molar-refractivity contribution is 5.86. The molecule has 1 saturated heterocycles. The lowest BCUT2D eigenvalue weighted by Crippen LogP contribution is -2.54. The van der Waals surface area contributed by atoms with Crippen molar-refractivity contribution in [3.8, 4) is 0 Å². The second-order valence-corrected chi connectivity index (χ2v) is 5.03. The molecule has 1 aliphatic heterocycles. The van der Waals surface area contributed by atoms with Gasteiger partial charge in [-0.25, -0.2) is 9.59 Å². The van der Waals surface area contributed by atoms with Crippen LogP contribution in [0.25, 0.3) is 0 Å². The first-order valence-corrected chi connectivity index (χ1v) is 6.20. The number of carbonyl (C=O) groups excluding carboxylic acids is 1. The Morgan fingerprint density at radius 3 is 2.71 bits per heavy atom. The van der Waals surface area contributed by atoms with Crippen molar-refractivity contribution in [2.75, 3.05) is 13.1 Å². The van der Waals surface area contributed by atoms with Crippen LogP contribution in [0, 0.1) is 5.92 Å². The van der Waals surface area contributed by atoms with Gasteiger partial charge in [-0.1, -0.05) is 20.3 Å². The molecule has 0 saturated carbocycles. The first-order valence-electron chi connectivity index (χ1n) is 6.20. The lowest BCUT2D eigenvalue weighted by atomic mass is 10.00. The van der Waals surface area contributed by atoms with Crippen LogP contribution >= 0.6 is 0 Å². The molecule has 5 heteroatoms. The highest BCUT2D eigenvalue weighted by Gasteiger charge is 2.45. The van der Waals surface area contributed by atoms with Crippen LogP contribution in [0.1, 0.15) is 40.0 Å². The van der Waals surface area contributed by atoms with E-state index in [9.17, 15) is 14.7 Å². The third kappa shape index (κ3) is 2.90. The van der Waals surface area contributed by atoms with Gasteiger partial charge in [0.25, 0.3) is 0 Å². The Labute approximate surface area is 102 Å². The van der Waals surface area contributed by atoms with Gasteiger partial charge in [-0.2, -0.15) is 0 Å². The van der Waals surface area contributed by atoms with Crippen molar-refractivity contribution in [1.82, 2.24) is 10.2 Å². The highest BCUT2D eigenvalue weighted by atomic mass is 16.4. The summed E-state index contributed by atoms with van der Waals surface area (Å²) in [5, 5.41) is 12.0. The summed E-state index contributed by atoms with van der Waals surface area (Å²) in [5.74, 6) is -0.508. The third-order valence-corrected chi connectivity index (χ3v) is 3.65. The summed E-state index contributed by atoms with van der Waals surface area (Å²) >= 11 is 0. The van der Waals surface area contributed by atoms with Crippen LogP contribution in [0.5, 0.6) is 0 Å². The molecule has 2 unspecified atom stereocenters. The largest absolute Gasteiger partial charge is 0.480 e. The van der Waals surface area contributed by atoms with Crippen LogP contribution in [0.3, 0.4) is 0 Å². The van der Waals surface area contributed by atoms with Gasteiger partial charge in [-0.05, 0) is 25.7 Å². The molecule has 1 aliphatic rings. The predicted molar refractivity (Wildman–Crippen MR) is 64.8 cm³/mol. The van der Waals surface area contributed by atoms with Crippen molar-refractivity contribution in [2.24, 2.45) is 5.92 Å². The molecule has 1 heterocycles. The van der Waals surface area contributed by atoms with Crippen LogP contribution in [0.4, 0.5) is 4.79 Å². The molecule has 17 heavy (non-hydrogen) atoms. The van der Waals surface area contributed by atoms with Crippen molar-refractivity contribution in [3.63, 3.8) is 0 Å². The van der Waals surface area contributed by atoms with Gasteiger partial charge in [0, 0.05) is 13.1 Å². The Hall–Kier alpha value is -1.26. The Morgan fingerprint density at radius 1 is 1.53 bits per heavy atom. The normalized spacial score (nSPS) is 25.7. The minimum Gasteiger partial charge on any atom is -0.480 e. The maximum Gasteiger partial charge on any atom is 0.329 e. The molecule has 2 amide bonds. The molecule has 0 aromatic rings. The highest BCUT2D eigenvalue weighted by Crippen LogP contribution is 2.29. The van der Waals surface area contributed by atoms with Crippen LogP contribution in [-0.4, -0.2) is 40.6 Å². The van der Waals surface area contributed by atoms with E-state index >= 15 is 0 Å². The van der Waals surface area contributed by atoms with Crippen LogP contribution in [-0.2, 0) is 4.79 Å². The van der Waals surface area contributed by atoms with Crippen molar-refractivity contribution in [1.29, 1.82) is 0 Å². The van der Waals surface area contributed by atoms with E-state index in [0.29, 0.717) is 25.4 Å². The lowest BCUT2D eigenvalue weighted by molar-refractivity contribution is -0.147. The van der Waals surface area contributed by atoms with Crippen LogP contribution in [0.2, 0.25) is 0 Å². The summed E-state index contributed by atoms with van der Waals surface area (Å²) in [6, 6.07) is -0.257. The van der Waals surface area contributed by atoms with Gasteiger partial charge in [0.2, 0.25) is 0 Å². The van der Waals surface area contributed by atoms with Crippen molar-refractivity contribution < 1.29 is 14.7 Å². The molecule has 0 bridgehead atoms. The van der Waals surface area contributed by atoms with Gasteiger partial charge < -0.3 is 15.3 Å². The van der Waals surface area contributed by atoms with Crippen molar-refractivity contribution in [2.45, 2.75) is 45.6 Å². The van der Waals surface area contributed by atoms with Crippen molar-refractivity contribution >= 4 is 12.0 Å². The number of aliphatic carboxylic acids is 1. The molecule has 0 spiro atoms. The fourth-order valence-corrected chi connectivity index (χ4v) is 2.01. The van der Waals surface area contributed by atoms with Gasteiger partial charge in [0.15, 0.2) is 0 Å². The fraction of sp³-hybridized carbons (Fsp3) is 0.833. The Morgan fingerprint density at radius 2 is 2.18 bits per heavy atom. The zero-order valence-electron chi connectivity index (χ0n) is 10.8. The minimum atomic E-state index is -1.04. The third-order valence-electron chi connectivity index (χ3n) is 3.65. The molecule has 0 aromatic carbocycles. The van der Waals surface area contributed by atoms with E-state index in [0.717, 1.165) is 12.8 Å². The summed E-state index contributed by atoms with van der Waals surface area (Å²) in [5.41, 5.74) is -1.04. The summed E-state index contributed by atoms with van der Waals surface area (Å²) in [4.78, 5) is 24.6. The topological polar surface area (TPSA) is 69.6 Å². The maximum absolute atomic E-state index is 11.9. The smallest absolute Gasteiger partial charge is 0.329 e. The van der Waals surface area contributed by atoms with Gasteiger partial charge >= 0.3 is 12.0 Å². The Balaban J connectivity index is 2.60. The molecule has 0 radical (unpaired) electrons. The second-order valence-electron chi connectivity index (χ2n) is 5.03. The zero-order valence-corrected chi connectivity index (χ0v) is 10.8. The number of nitrogens with one attached hydrogen (secondary N) is 1. The average Bonchev–Trinajstić information content (AvgIpc) is 2.69. The van der Waals surface area contributed by atoms with Gasteiger partial charge in [0.05, 0.1) is 0 Å². The zero-order chi connectivity index (χ0) is 13.1. The number of carboxylic acids is 1. The molecule has 98 valence electrons. The standard InChI is InChI=1S/C12H22N2O3/c1-4-9(2)8-13-11(17)14-7-5-6-12(14,3)10(15)16/h9H,4-8H2,1-3H3,(H,13,17)(H,15,16). The molecule has 1 fully saturated rings. The fourth-order valence-electron chi connectivity index (χ4n) is 2.01. The molecule has 0 aromatic heterocycles. The number of urea groups is 1. The number of likely N-dealkylation sites (tertiary alicyclic amines) is 1. The molecular formula is C12H22N2O3. The molecule has 0 aliphatic carbocycles. The van der Waals surface area contributed by atoms with E-state index in [1.807, 2.05) is 0 Å². The summed E-state index contributed by atoms with van der Waals surface area (Å²) in [6.07, 6.45) is 2.27. The number of carbonyl (C=O) groups is 2. The first kappa shape index (κ1) is 13.8. The monoisotopic (exact) mass is 242 g/mol. The maximum atomic E-state index is 11.9. The number of carboxylic acid groups (broad SMARTS) is 1. The number of nitrogens with zero attached hydrogens (tertiary/aromatic N) is 1. The first-order chi connectivity index (χ1) is 7.91.